The molecule has 1 atom stereocenters. The molecular weight excluding hydrogens is 287 g/mol. The van der Waals surface area contributed by atoms with E-state index in [-0.39, 0.29) is 17.5 Å². The van der Waals surface area contributed by atoms with E-state index in [1.54, 1.807) is 12.1 Å². The zero-order valence-electron chi connectivity index (χ0n) is 12.5. The van der Waals surface area contributed by atoms with Crippen molar-refractivity contribution in [3.05, 3.63) is 28.8 Å². The van der Waals surface area contributed by atoms with Crippen molar-refractivity contribution in [2.45, 2.75) is 51.2 Å². The van der Waals surface area contributed by atoms with E-state index in [0.717, 1.165) is 43.3 Å². The number of hydrogen-bond donors (Lipinski definition) is 1. The molecule has 0 spiro atoms. The van der Waals surface area contributed by atoms with Crippen molar-refractivity contribution < 1.29 is 9.13 Å². The molecule has 1 aliphatic heterocycles. The van der Waals surface area contributed by atoms with Crippen molar-refractivity contribution >= 4 is 23.3 Å². The average Bonchev–Trinajstić information content (AvgIpc) is 2.82. The standard InChI is InChI=1S/C16H21FN2OS/c1-3-16(4-2)10-12(7-8-20-16)19-14-9-11(17)5-6-13(14)18-15(19)21/h5-6,9,12H,3-4,7-8,10H2,1-2H3,(H,18,21). The van der Waals surface area contributed by atoms with Crippen LogP contribution in [0.1, 0.15) is 45.6 Å². The van der Waals surface area contributed by atoms with Gasteiger partial charge < -0.3 is 14.3 Å². The van der Waals surface area contributed by atoms with Crippen LogP contribution in [0.3, 0.4) is 0 Å². The summed E-state index contributed by atoms with van der Waals surface area (Å²) in [4.78, 5) is 3.19. The van der Waals surface area contributed by atoms with Gasteiger partial charge in [-0.15, -0.1) is 0 Å². The maximum Gasteiger partial charge on any atom is 0.178 e. The molecule has 0 saturated carbocycles. The summed E-state index contributed by atoms with van der Waals surface area (Å²) >= 11 is 5.47. The molecule has 0 radical (unpaired) electrons. The predicted molar refractivity (Wildman–Crippen MR) is 84.6 cm³/mol. The second-order valence-electron chi connectivity index (χ2n) is 5.85. The van der Waals surface area contributed by atoms with Gasteiger partial charge >= 0.3 is 0 Å². The van der Waals surface area contributed by atoms with Crippen LogP contribution in [0, 0.1) is 10.6 Å². The largest absolute Gasteiger partial charge is 0.375 e. The lowest BCUT2D eigenvalue weighted by Crippen LogP contribution is -2.39. The fraction of sp³-hybridized carbons (Fsp3) is 0.562. The molecule has 21 heavy (non-hydrogen) atoms. The Kier molecular flexibility index (Phi) is 3.88. The third-order valence-electron chi connectivity index (χ3n) is 4.80. The Balaban J connectivity index is 2.05. The summed E-state index contributed by atoms with van der Waals surface area (Å²) < 4.78 is 22.4. The monoisotopic (exact) mass is 308 g/mol. The number of imidazole rings is 1. The molecule has 114 valence electrons. The van der Waals surface area contributed by atoms with Gasteiger partial charge in [0.25, 0.3) is 0 Å². The Morgan fingerprint density at radius 1 is 1.43 bits per heavy atom. The van der Waals surface area contributed by atoms with Crippen molar-refractivity contribution in [2.75, 3.05) is 6.61 Å². The summed E-state index contributed by atoms with van der Waals surface area (Å²) in [6, 6.07) is 5.05. The third-order valence-corrected chi connectivity index (χ3v) is 5.10. The Morgan fingerprint density at radius 3 is 2.90 bits per heavy atom. The Bertz CT molecular complexity index is 702. The van der Waals surface area contributed by atoms with Gasteiger partial charge in [-0.3, -0.25) is 0 Å². The number of nitrogens with one attached hydrogen (secondary N) is 1. The quantitative estimate of drug-likeness (QED) is 0.829. The lowest BCUT2D eigenvalue weighted by Gasteiger charge is -2.40. The van der Waals surface area contributed by atoms with Crippen molar-refractivity contribution in [1.82, 2.24) is 9.55 Å². The van der Waals surface area contributed by atoms with Crippen LogP contribution in [0.15, 0.2) is 18.2 Å². The van der Waals surface area contributed by atoms with E-state index in [1.807, 2.05) is 0 Å². The molecule has 1 N–H and O–H groups in total. The molecular formula is C16H21FN2OS. The van der Waals surface area contributed by atoms with Gasteiger partial charge in [0.05, 0.1) is 16.6 Å². The summed E-state index contributed by atoms with van der Waals surface area (Å²) in [6.45, 7) is 5.07. The van der Waals surface area contributed by atoms with Gasteiger partial charge in [-0.25, -0.2) is 4.39 Å². The van der Waals surface area contributed by atoms with Crippen LogP contribution in [-0.2, 0) is 4.74 Å². The lowest BCUT2D eigenvalue weighted by molar-refractivity contribution is -0.0983. The maximum atomic E-state index is 13.6. The normalized spacial score (nSPS) is 21.8. The van der Waals surface area contributed by atoms with Gasteiger partial charge in [0.2, 0.25) is 0 Å². The number of halogens is 1. The molecule has 0 bridgehead atoms. The minimum Gasteiger partial charge on any atom is -0.375 e. The molecule has 1 aromatic carbocycles. The lowest BCUT2D eigenvalue weighted by atomic mass is 9.86. The fourth-order valence-corrected chi connectivity index (χ4v) is 3.78. The fourth-order valence-electron chi connectivity index (χ4n) is 3.42. The van der Waals surface area contributed by atoms with E-state index in [4.69, 9.17) is 17.0 Å². The smallest absolute Gasteiger partial charge is 0.178 e. The van der Waals surface area contributed by atoms with E-state index in [0.29, 0.717) is 4.77 Å². The van der Waals surface area contributed by atoms with Gasteiger partial charge in [-0.05, 0) is 56.1 Å². The first-order chi connectivity index (χ1) is 10.1. The molecule has 0 aliphatic carbocycles. The van der Waals surface area contributed by atoms with E-state index in [1.165, 1.54) is 6.07 Å². The summed E-state index contributed by atoms with van der Waals surface area (Å²) in [5.41, 5.74) is 1.67. The molecule has 1 fully saturated rings. The molecule has 3 nitrogen and oxygen atoms in total. The Labute approximate surface area is 129 Å². The summed E-state index contributed by atoms with van der Waals surface area (Å²) in [5, 5.41) is 0. The maximum absolute atomic E-state index is 13.6. The minimum atomic E-state index is -0.227. The highest BCUT2D eigenvalue weighted by Gasteiger charge is 2.35. The van der Waals surface area contributed by atoms with Crippen molar-refractivity contribution in [2.24, 2.45) is 0 Å². The molecule has 2 aromatic rings. The number of hydrogen-bond acceptors (Lipinski definition) is 2. The first-order valence-electron chi connectivity index (χ1n) is 7.62. The van der Waals surface area contributed by atoms with E-state index >= 15 is 0 Å². The predicted octanol–water partition coefficient (Wildman–Crippen LogP) is 4.75. The topological polar surface area (TPSA) is 29.9 Å². The van der Waals surface area contributed by atoms with Gasteiger partial charge in [-0.2, -0.15) is 0 Å². The summed E-state index contributed by atoms with van der Waals surface area (Å²) in [5.74, 6) is -0.227. The van der Waals surface area contributed by atoms with Gasteiger partial charge in [0, 0.05) is 12.6 Å². The molecule has 0 amide bonds. The van der Waals surface area contributed by atoms with Gasteiger partial charge in [0.1, 0.15) is 5.82 Å². The average molecular weight is 308 g/mol. The number of aromatic amines is 1. The van der Waals surface area contributed by atoms with Crippen LogP contribution >= 0.6 is 12.2 Å². The van der Waals surface area contributed by atoms with E-state index in [9.17, 15) is 4.39 Å². The molecule has 5 heteroatoms. The Hall–Kier alpha value is -1.20. The van der Waals surface area contributed by atoms with Crippen molar-refractivity contribution in [1.29, 1.82) is 0 Å². The first kappa shape index (κ1) is 14.7. The van der Waals surface area contributed by atoms with Gasteiger partial charge in [-0.1, -0.05) is 13.8 Å². The van der Waals surface area contributed by atoms with E-state index < -0.39 is 0 Å². The van der Waals surface area contributed by atoms with Crippen LogP contribution in [0.25, 0.3) is 11.0 Å². The molecule has 2 heterocycles. The van der Waals surface area contributed by atoms with Crippen LogP contribution in [0.2, 0.25) is 0 Å². The van der Waals surface area contributed by atoms with Crippen LogP contribution in [0.4, 0.5) is 4.39 Å². The van der Waals surface area contributed by atoms with Crippen LogP contribution in [-0.4, -0.2) is 21.8 Å². The summed E-state index contributed by atoms with van der Waals surface area (Å²) in [7, 11) is 0. The second kappa shape index (κ2) is 5.54. The third kappa shape index (κ3) is 2.53. The van der Waals surface area contributed by atoms with Crippen molar-refractivity contribution in [3.63, 3.8) is 0 Å². The molecule has 1 saturated heterocycles. The number of fused-ring (bicyclic) bond motifs is 1. The highest BCUT2D eigenvalue weighted by molar-refractivity contribution is 7.71. The Morgan fingerprint density at radius 2 is 2.19 bits per heavy atom. The summed E-state index contributed by atoms with van der Waals surface area (Å²) in [6.07, 6.45) is 3.82. The molecule has 1 aromatic heterocycles. The van der Waals surface area contributed by atoms with Gasteiger partial charge in [0.15, 0.2) is 4.77 Å². The zero-order valence-corrected chi connectivity index (χ0v) is 13.3. The van der Waals surface area contributed by atoms with Crippen molar-refractivity contribution in [3.8, 4) is 0 Å². The number of ether oxygens (including phenoxy) is 1. The first-order valence-corrected chi connectivity index (χ1v) is 8.03. The highest BCUT2D eigenvalue weighted by atomic mass is 32.1. The number of rotatable bonds is 3. The number of aromatic nitrogens is 2. The van der Waals surface area contributed by atoms with Crippen LogP contribution in [0.5, 0.6) is 0 Å². The minimum absolute atomic E-state index is 0.0748. The number of benzene rings is 1. The highest BCUT2D eigenvalue weighted by Crippen LogP contribution is 2.38. The molecule has 1 unspecified atom stereocenters. The second-order valence-corrected chi connectivity index (χ2v) is 6.23. The van der Waals surface area contributed by atoms with E-state index in [2.05, 4.69) is 23.4 Å². The SMILES string of the molecule is CCC1(CC)CC(n2c(=S)[nH]c3ccc(F)cc32)CCO1. The molecule has 1 aliphatic rings. The number of H-pyrrole nitrogens is 1. The van der Waals surface area contributed by atoms with Crippen LogP contribution < -0.4 is 0 Å². The molecule has 3 rings (SSSR count). The zero-order chi connectivity index (χ0) is 15.0. The number of nitrogens with zero attached hydrogens (tertiary/aromatic N) is 1.